The van der Waals surface area contributed by atoms with Crippen LogP contribution in [0.15, 0.2) is 0 Å². The average Bonchev–Trinajstić information content (AvgIpc) is 1.81. The summed E-state index contributed by atoms with van der Waals surface area (Å²) in [6.07, 6.45) is -4.96. The number of nitrogens with one attached hydrogen (secondary N) is 1. The highest BCUT2D eigenvalue weighted by atomic mass is 19.4. The first kappa shape index (κ1) is 9.80. The Hall–Kier alpha value is -0.290. The zero-order valence-corrected chi connectivity index (χ0v) is 6.87. The lowest BCUT2D eigenvalue weighted by molar-refractivity contribution is -0.161. The molecule has 1 heterocycles. The molecule has 0 aromatic heterocycles. The summed E-state index contributed by atoms with van der Waals surface area (Å²) in [5.74, 6) is 0. The highest BCUT2D eigenvalue weighted by molar-refractivity contribution is 4.90. The molecule has 0 bridgehead atoms. The van der Waals surface area contributed by atoms with Gasteiger partial charge in [0.05, 0.1) is 18.6 Å². The zero-order chi connectivity index (χ0) is 9.24. The molecule has 0 saturated carbocycles. The Morgan fingerprint density at radius 3 is 2.33 bits per heavy atom. The van der Waals surface area contributed by atoms with Gasteiger partial charge < -0.3 is 10.1 Å². The lowest BCUT2D eigenvalue weighted by Crippen LogP contribution is -2.59. The van der Waals surface area contributed by atoms with Crippen molar-refractivity contribution in [3.8, 4) is 0 Å². The Morgan fingerprint density at radius 1 is 1.42 bits per heavy atom. The summed E-state index contributed by atoms with van der Waals surface area (Å²) in [6.45, 7) is 2.86. The van der Waals surface area contributed by atoms with Crippen LogP contribution in [0.1, 0.15) is 13.3 Å². The summed E-state index contributed by atoms with van der Waals surface area (Å²) in [4.78, 5) is 0. The van der Waals surface area contributed by atoms with Crippen molar-refractivity contribution in [1.82, 2.24) is 5.32 Å². The fourth-order valence-corrected chi connectivity index (χ4v) is 0.992. The first-order valence-electron chi connectivity index (χ1n) is 3.83. The molecule has 1 fully saturated rings. The van der Waals surface area contributed by atoms with E-state index < -0.39 is 12.6 Å². The van der Waals surface area contributed by atoms with Gasteiger partial charge in [0, 0.05) is 13.1 Å². The Kier molecular flexibility index (Phi) is 2.63. The van der Waals surface area contributed by atoms with Crippen molar-refractivity contribution in [3.63, 3.8) is 0 Å². The molecular formula is C7H12F3NO. The second kappa shape index (κ2) is 3.22. The molecule has 1 aliphatic rings. The zero-order valence-electron chi connectivity index (χ0n) is 6.87. The molecule has 1 aliphatic heterocycles. The van der Waals surface area contributed by atoms with Crippen LogP contribution in [0.25, 0.3) is 0 Å². The maximum Gasteiger partial charge on any atom is 0.391 e. The van der Waals surface area contributed by atoms with E-state index in [4.69, 9.17) is 4.74 Å². The second-order valence-electron chi connectivity index (χ2n) is 3.27. The molecule has 0 amide bonds. The van der Waals surface area contributed by atoms with E-state index in [0.717, 1.165) is 0 Å². The number of alkyl halides is 3. The molecule has 0 spiro atoms. The van der Waals surface area contributed by atoms with Crippen LogP contribution in [0, 0.1) is 0 Å². The van der Waals surface area contributed by atoms with E-state index in [9.17, 15) is 13.2 Å². The molecule has 1 N–H and O–H groups in total. The lowest BCUT2D eigenvalue weighted by atomic mass is 10.0. The average molecular weight is 183 g/mol. The smallest absolute Gasteiger partial charge is 0.372 e. The molecule has 1 saturated heterocycles. The molecular weight excluding hydrogens is 171 g/mol. The lowest BCUT2D eigenvalue weighted by Gasteiger charge is -2.39. The van der Waals surface area contributed by atoms with Crippen molar-refractivity contribution >= 4 is 0 Å². The molecule has 0 aromatic carbocycles. The maximum atomic E-state index is 11.7. The standard InChI is InChI=1S/C7H12F3NO/c1-6(4-11-5-6)12-3-2-7(8,9)10/h11H,2-5H2,1H3. The SMILES string of the molecule is CC1(OCCC(F)(F)F)CNC1. The van der Waals surface area contributed by atoms with Gasteiger partial charge in [-0.1, -0.05) is 0 Å². The highest BCUT2D eigenvalue weighted by Crippen LogP contribution is 2.22. The predicted octanol–water partition coefficient (Wildman–Crippen LogP) is 1.32. The molecule has 0 radical (unpaired) electrons. The van der Waals surface area contributed by atoms with Gasteiger partial charge in [0.15, 0.2) is 0 Å². The summed E-state index contributed by atoms with van der Waals surface area (Å²) in [5.41, 5.74) is -0.370. The first-order chi connectivity index (χ1) is 5.41. The summed E-state index contributed by atoms with van der Waals surface area (Å²) in [7, 11) is 0. The Bertz CT molecular complexity index is 153. The van der Waals surface area contributed by atoms with Crippen LogP contribution >= 0.6 is 0 Å². The van der Waals surface area contributed by atoms with Crippen LogP contribution in [-0.4, -0.2) is 31.5 Å². The van der Waals surface area contributed by atoms with Gasteiger partial charge in [-0.25, -0.2) is 0 Å². The van der Waals surface area contributed by atoms with Crippen LogP contribution in [0.3, 0.4) is 0 Å². The minimum atomic E-state index is -4.10. The summed E-state index contributed by atoms with van der Waals surface area (Å²) in [6, 6.07) is 0. The van der Waals surface area contributed by atoms with Crippen LogP contribution in [0.4, 0.5) is 13.2 Å². The largest absolute Gasteiger partial charge is 0.391 e. The fraction of sp³-hybridized carbons (Fsp3) is 1.00. The molecule has 12 heavy (non-hydrogen) atoms. The summed E-state index contributed by atoms with van der Waals surface area (Å²) < 4.78 is 40.0. The molecule has 2 nitrogen and oxygen atoms in total. The topological polar surface area (TPSA) is 21.3 Å². The molecule has 0 aromatic rings. The van der Waals surface area contributed by atoms with E-state index in [-0.39, 0.29) is 12.2 Å². The molecule has 5 heteroatoms. The van der Waals surface area contributed by atoms with Crippen molar-refractivity contribution < 1.29 is 17.9 Å². The van der Waals surface area contributed by atoms with Crippen molar-refractivity contribution in [1.29, 1.82) is 0 Å². The predicted molar refractivity (Wildman–Crippen MR) is 37.9 cm³/mol. The second-order valence-corrected chi connectivity index (χ2v) is 3.27. The number of ether oxygens (including phenoxy) is 1. The Labute approximate surface area is 69.1 Å². The molecule has 1 rings (SSSR count). The van der Waals surface area contributed by atoms with Gasteiger partial charge >= 0.3 is 6.18 Å². The third kappa shape index (κ3) is 2.98. The van der Waals surface area contributed by atoms with E-state index in [1.165, 1.54) is 0 Å². The quantitative estimate of drug-likeness (QED) is 0.712. The van der Waals surface area contributed by atoms with Crippen LogP contribution in [-0.2, 0) is 4.74 Å². The first-order valence-corrected chi connectivity index (χ1v) is 3.83. The van der Waals surface area contributed by atoms with E-state index in [1.807, 2.05) is 0 Å². The Morgan fingerprint density at radius 2 is 2.00 bits per heavy atom. The van der Waals surface area contributed by atoms with Crippen molar-refractivity contribution in [3.05, 3.63) is 0 Å². The number of halogens is 3. The summed E-state index contributed by atoms with van der Waals surface area (Å²) in [5, 5.41) is 2.94. The highest BCUT2D eigenvalue weighted by Gasteiger charge is 2.34. The van der Waals surface area contributed by atoms with Crippen LogP contribution in [0.2, 0.25) is 0 Å². The fourth-order valence-electron chi connectivity index (χ4n) is 0.992. The van der Waals surface area contributed by atoms with Gasteiger partial charge in [-0.2, -0.15) is 13.2 Å². The van der Waals surface area contributed by atoms with Gasteiger partial charge in [-0.3, -0.25) is 0 Å². The van der Waals surface area contributed by atoms with Crippen molar-refractivity contribution in [2.24, 2.45) is 0 Å². The van der Waals surface area contributed by atoms with Gasteiger partial charge in [0.25, 0.3) is 0 Å². The number of hydrogen-bond acceptors (Lipinski definition) is 2. The molecule has 0 atom stereocenters. The monoisotopic (exact) mass is 183 g/mol. The normalized spacial score (nSPS) is 22.0. The Balaban J connectivity index is 2.10. The van der Waals surface area contributed by atoms with Crippen molar-refractivity contribution in [2.75, 3.05) is 19.7 Å². The number of hydrogen-bond donors (Lipinski definition) is 1. The molecule has 0 aliphatic carbocycles. The van der Waals surface area contributed by atoms with Crippen molar-refractivity contribution in [2.45, 2.75) is 25.1 Å². The number of rotatable bonds is 3. The third-order valence-corrected chi connectivity index (χ3v) is 1.83. The van der Waals surface area contributed by atoms with E-state index in [2.05, 4.69) is 5.32 Å². The van der Waals surface area contributed by atoms with Crippen LogP contribution < -0.4 is 5.32 Å². The van der Waals surface area contributed by atoms with Gasteiger partial charge in [-0.05, 0) is 6.92 Å². The van der Waals surface area contributed by atoms with Gasteiger partial charge in [0.2, 0.25) is 0 Å². The van der Waals surface area contributed by atoms with Crippen LogP contribution in [0.5, 0.6) is 0 Å². The van der Waals surface area contributed by atoms with Gasteiger partial charge in [-0.15, -0.1) is 0 Å². The third-order valence-electron chi connectivity index (χ3n) is 1.83. The molecule has 72 valence electrons. The molecule has 0 unspecified atom stereocenters. The minimum absolute atomic E-state index is 0.234. The summed E-state index contributed by atoms with van der Waals surface area (Å²) >= 11 is 0. The van der Waals surface area contributed by atoms with E-state index in [1.54, 1.807) is 6.92 Å². The van der Waals surface area contributed by atoms with E-state index >= 15 is 0 Å². The van der Waals surface area contributed by atoms with E-state index in [0.29, 0.717) is 13.1 Å². The maximum absolute atomic E-state index is 11.7. The minimum Gasteiger partial charge on any atom is -0.372 e. The van der Waals surface area contributed by atoms with Gasteiger partial charge in [0.1, 0.15) is 0 Å².